The second-order valence-corrected chi connectivity index (χ2v) is 6.93. The summed E-state index contributed by atoms with van der Waals surface area (Å²) in [6.45, 7) is 3.85. The fourth-order valence-electron chi connectivity index (χ4n) is 3.33. The Balaban J connectivity index is 2.18. The summed E-state index contributed by atoms with van der Waals surface area (Å²) >= 11 is 5.95. The number of nitrogens with one attached hydrogen (secondary N) is 1. The molecule has 0 fully saturated rings. The summed E-state index contributed by atoms with van der Waals surface area (Å²) in [7, 11) is 5.44. The summed E-state index contributed by atoms with van der Waals surface area (Å²) in [5.41, 5.74) is 2.25. The van der Waals surface area contributed by atoms with E-state index in [1.807, 2.05) is 0 Å². The highest BCUT2D eigenvalue weighted by atomic mass is 35.5. The number of aryl methyl sites for hydroxylation is 1. The second kappa shape index (κ2) is 7.39. The first-order valence-corrected chi connectivity index (χ1v) is 8.95. The standard InChI is InChI=1S/C20H18BClF3N/c1-3-4-5-12-13-8-15(22)16(23)9-17(13)26-20(12)10(2)11-6-7-14(21)19(25)18(11)24/h6-10,26H,3-5H2,1-2H3. The van der Waals surface area contributed by atoms with Crippen LogP contribution in [0.1, 0.15) is 49.4 Å². The van der Waals surface area contributed by atoms with Crippen LogP contribution >= 0.6 is 11.6 Å². The lowest BCUT2D eigenvalue weighted by Gasteiger charge is -2.15. The van der Waals surface area contributed by atoms with Gasteiger partial charge in [-0.2, -0.15) is 0 Å². The molecule has 3 aromatic rings. The molecule has 1 atom stereocenters. The summed E-state index contributed by atoms with van der Waals surface area (Å²) in [5.74, 6) is -2.98. The third kappa shape index (κ3) is 3.25. The molecule has 6 heteroatoms. The van der Waals surface area contributed by atoms with Crippen LogP contribution in [-0.4, -0.2) is 12.8 Å². The first kappa shape index (κ1) is 18.9. The van der Waals surface area contributed by atoms with Gasteiger partial charge in [-0.25, -0.2) is 13.2 Å². The molecule has 1 heterocycles. The monoisotopic (exact) mass is 375 g/mol. The number of unbranched alkanes of at least 4 members (excludes halogenated alkanes) is 1. The van der Waals surface area contributed by atoms with Gasteiger partial charge in [-0.3, -0.25) is 0 Å². The van der Waals surface area contributed by atoms with Crippen molar-refractivity contribution in [2.24, 2.45) is 0 Å². The number of aromatic nitrogens is 1. The fourth-order valence-corrected chi connectivity index (χ4v) is 3.49. The molecule has 0 saturated carbocycles. The van der Waals surface area contributed by atoms with E-state index in [1.54, 1.807) is 13.0 Å². The topological polar surface area (TPSA) is 15.8 Å². The average Bonchev–Trinajstić information content (AvgIpc) is 2.95. The van der Waals surface area contributed by atoms with Crippen molar-refractivity contribution in [2.75, 3.05) is 0 Å². The minimum Gasteiger partial charge on any atom is -0.358 e. The molecule has 0 spiro atoms. The maximum atomic E-state index is 14.4. The Labute approximate surface area is 157 Å². The Hall–Kier alpha value is -1.88. The first-order valence-electron chi connectivity index (χ1n) is 8.58. The van der Waals surface area contributed by atoms with Gasteiger partial charge in [-0.15, -0.1) is 0 Å². The molecule has 1 aromatic heterocycles. The molecule has 0 aliphatic heterocycles. The predicted octanol–water partition coefficient (Wildman–Crippen LogP) is 5.53. The Bertz CT molecular complexity index is 968. The number of aromatic amines is 1. The van der Waals surface area contributed by atoms with Gasteiger partial charge in [0, 0.05) is 22.5 Å². The van der Waals surface area contributed by atoms with Crippen LogP contribution < -0.4 is 5.46 Å². The molecular formula is C20H18BClF3N. The molecule has 1 nitrogen and oxygen atoms in total. The van der Waals surface area contributed by atoms with Crippen LogP contribution in [0.3, 0.4) is 0 Å². The number of H-pyrrole nitrogens is 1. The van der Waals surface area contributed by atoms with Crippen LogP contribution in [0.25, 0.3) is 10.9 Å². The highest BCUT2D eigenvalue weighted by Crippen LogP contribution is 2.35. The van der Waals surface area contributed by atoms with Gasteiger partial charge < -0.3 is 4.98 Å². The van der Waals surface area contributed by atoms with E-state index < -0.39 is 23.4 Å². The average molecular weight is 376 g/mol. The van der Waals surface area contributed by atoms with Gasteiger partial charge in [0.15, 0.2) is 11.6 Å². The summed E-state index contributed by atoms with van der Waals surface area (Å²) in [4.78, 5) is 3.18. The molecule has 0 amide bonds. The smallest absolute Gasteiger partial charge is 0.162 e. The fraction of sp³-hybridized carbons (Fsp3) is 0.300. The lowest BCUT2D eigenvalue weighted by Crippen LogP contribution is -2.14. The summed E-state index contributed by atoms with van der Waals surface area (Å²) in [6, 6.07) is 5.77. The van der Waals surface area contributed by atoms with Gasteiger partial charge in [0.25, 0.3) is 0 Å². The van der Waals surface area contributed by atoms with Crippen molar-refractivity contribution < 1.29 is 13.2 Å². The lowest BCUT2D eigenvalue weighted by molar-refractivity contribution is 0.500. The zero-order valence-corrected chi connectivity index (χ0v) is 15.4. The third-order valence-electron chi connectivity index (χ3n) is 4.80. The molecular weight excluding hydrogens is 357 g/mol. The lowest BCUT2D eigenvalue weighted by atomic mass is 9.88. The van der Waals surface area contributed by atoms with Crippen LogP contribution in [-0.2, 0) is 6.42 Å². The minimum absolute atomic E-state index is 0.0400. The maximum absolute atomic E-state index is 14.4. The van der Waals surface area contributed by atoms with E-state index in [-0.39, 0.29) is 16.0 Å². The van der Waals surface area contributed by atoms with Crippen molar-refractivity contribution in [1.82, 2.24) is 4.98 Å². The molecule has 0 aliphatic rings. The summed E-state index contributed by atoms with van der Waals surface area (Å²) in [6.07, 6.45) is 2.62. The van der Waals surface area contributed by atoms with Crippen molar-refractivity contribution in [3.8, 4) is 0 Å². The zero-order chi connectivity index (χ0) is 19.0. The van der Waals surface area contributed by atoms with Crippen LogP contribution in [0.15, 0.2) is 24.3 Å². The van der Waals surface area contributed by atoms with Gasteiger partial charge in [0.2, 0.25) is 0 Å². The van der Waals surface area contributed by atoms with Crippen molar-refractivity contribution in [3.63, 3.8) is 0 Å². The zero-order valence-electron chi connectivity index (χ0n) is 14.6. The van der Waals surface area contributed by atoms with Crippen LogP contribution in [0.5, 0.6) is 0 Å². The van der Waals surface area contributed by atoms with E-state index in [0.29, 0.717) is 5.52 Å². The highest BCUT2D eigenvalue weighted by Gasteiger charge is 2.23. The molecule has 1 N–H and O–H groups in total. The number of fused-ring (bicyclic) bond motifs is 1. The highest BCUT2D eigenvalue weighted by molar-refractivity contribution is 6.32. The molecule has 26 heavy (non-hydrogen) atoms. The first-order chi connectivity index (χ1) is 12.3. The molecule has 3 rings (SSSR count). The quantitative estimate of drug-likeness (QED) is 0.565. The van der Waals surface area contributed by atoms with Crippen molar-refractivity contribution in [1.29, 1.82) is 0 Å². The van der Waals surface area contributed by atoms with Crippen LogP contribution in [0, 0.1) is 17.5 Å². The minimum atomic E-state index is -1.05. The molecule has 0 saturated heterocycles. The molecule has 0 bridgehead atoms. The number of hydrogen-bond donors (Lipinski definition) is 1. The second-order valence-electron chi connectivity index (χ2n) is 6.53. The molecule has 2 radical (unpaired) electrons. The normalized spacial score (nSPS) is 12.7. The number of hydrogen-bond acceptors (Lipinski definition) is 0. The Morgan fingerprint density at radius 2 is 1.88 bits per heavy atom. The van der Waals surface area contributed by atoms with E-state index in [9.17, 15) is 13.2 Å². The Morgan fingerprint density at radius 3 is 2.58 bits per heavy atom. The van der Waals surface area contributed by atoms with Crippen LogP contribution in [0.2, 0.25) is 5.02 Å². The number of benzene rings is 2. The van der Waals surface area contributed by atoms with E-state index in [1.165, 1.54) is 18.2 Å². The Morgan fingerprint density at radius 1 is 1.15 bits per heavy atom. The van der Waals surface area contributed by atoms with E-state index >= 15 is 0 Å². The van der Waals surface area contributed by atoms with E-state index in [4.69, 9.17) is 19.4 Å². The number of halogens is 4. The molecule has 2 aromatic carbocycles. The van der Waals surface area contributed by atoms with Crippen molar-refractivity contribution in [3.05, 3.63) is 63.6 Å². The van der Waals surface area contributed by atoms with Crippen molar-refractivity contribution in [2.45, 2.75) is 39.0 Å². The Kier molecular flexibility index (Phi) is 5.38. The number of rotatable bonds is 5. The van der Waals surface area contributed by atoms with Gasteiger partial charge in [-0.05, 0) is 36.1 Å². The largest absolute Gasteiger partial charge is 0.358 e. The van der Waals surface area contributed by atoms with E-state index in [0.717, 1.165) is 35.9 Å². The molecule has 0 aliphatic carbocycles. The van der Waals surface area contributed by atoms with Crippen molar-refractivity contribution >= 4 is 35.8 Å². The third-order valence-corrected chi connectivity index (χ3v) is 5.09. The molecule has 1 unspecified atom stereocenters. The van der Waals surface area contributed by atoms with Gasteiger partial charge in [0.05, 0.1) is 5.02 Å². The van der Waals surface area contributed by atoms with Crippen LogP contribution in [0.4, 0.5) is 13.2 Å². The SMILES string of the molecule is [B]c1ccc(C(C)c2[nH]c3cc(F)c(Cl)cc3c2CCCC)c(F)c1F. The van der Waals surface area contributed by atoms with Gasteiger partial charge >= 0.3 is 0 Å². The molecule has 134 valence electrons. The van der Waals surface area contributed by atoms with Gasteiger partial charge in [-0.1, -0.05) is 49.5 Å². The maximum Gasteiger partial charge on any atom is 0.162 e. The van der Waals surface area contributed by atoms with E-state index in [2.05, 4.69) is 11.9 Å². The van der Waals surface area contributed by atoms with Gasteiger partial charge in [0.1, 0.15) is 13.7 Å². The summed E-state index contributed by atoms with van der Waals surface area (Å²) < 4.78 is 42.2. The predicted molar refractivity (Wildman–Crippen MR) is 101 cm³/mol. The summed E-state index contributed by atoms with van der Waals surface area (Å²) in [5, 5.41) is 0.848.